The van der Waals surface area contributed by atoms with Crippen molar-refractivity contribution in [1.82, 2.24) is 15.3 Å². The molecule has 0 aliphatic heterocycles. The van der Waals surface area contributed by atoms with Crippen LogP contribution in [-0.2, 0) is 6.54 Å². The van der Waals surface area contributed by atoms with E-state index in [-0.39, 0.29) is 11.5 Å². The lowest BCUT2D eigenvalue weighted by atomic mass is 9.88. The van der Waals surface area contributed by atoms with Crippen molar-refractivity contribution in [1.29, 1.82) is 0 Å². The Bertz CT molecular complexity index is 1090. The second-order valence-corrected chi connectivity index (χ2v) is 12.1. The maximum atomic E-state index is 9.84. The van der Waals surface area contributed by atoms with Crippen LogP contribution in [0, 0.1) is 5.41 Å². The molecule has 4 rings (SSSR count). The van der Waals surface area contributed by atoms with E-state index in [1.54, 1.807) is 11.3 Å². The monoisotopic (exact) mass is 531 g/mol. The lowest BCUT2D eigenvalue weighted by molar-refractivity contribution is 0.126. The third-order valence-corrected chi connectivity index (χ3v) is 7.86. The number of thiazole rings is 1. The lowest BCUT2D eigenvalue weighted by Gasteiger charge is -2.29. The Kier molecular flexibility index (Phi) is 7.58. The number of aromatic nitrogens is 2. The van der Waals surface area contributed by atoms with E-state index in [1.165, 1.54) is 5.56 Å². The molecule has 2 heterocycles. The second kappa shape index (κ2) is 10.3. The van der Waals surface area contributed by atoms with Gasteiger partial charge < -0.3 is 21.1 Å². The first-order valence-corrected chi connectivity index (χ1v) is 13.3. The van der Waals surface area contributed by atoms with Crippen molar-refractivity contribution in [3.63, 3.8) is 0 Å². The summed E-state index contributed by atoms with van der Waals surface area (Å²) in [5.41, 5.74) is 2.33. The number of aliphatic hydroxyl groups excluding tert-OH is 1. The number of aliphatic hydroxyl groups is 1. The molecule has 1 unspecified atom stereocenters. The predicted octanol–water partition coefficient (Wildman–Crippen LogP) is 6.44. The molecule has 1 aliphatic carbocycles. The Balaban J connectivity index is 1.55. The summed E-state index contributed by atoms with van der Waals surface area (Å²) in [4.78, 5) is 9.57. The second-order valence-electron chi connectivity index (χ2n) is 10.1. The molecule has 2 aromatic heterocycles. The van der Waals surface area contributed by atoms with Crippen LogP contribution in [-0.4, -0.2) is 33.3 Å². The van der Waals surface area contributed by atoms with Gasteiger partial charge in [0.15, 0.2) is 5.13 Å². The van der Waals surface area contributed by atoms with Gasteiger partial charge in [0.1, 0.15) is 11.6 Å². The van der Waals surface area contributed by atoms with Crippen molar-refractivity contribution in [3.05, 3.63) is 40.4 Å². The molecular weight excluding hydrogens is 498 g/mol. The number of halogens is 1. The van der Waals surface area contributed by atoms with Gasteiger partial charge in [0.05, 0.1) is 16.3 Å². The lowest BCUT2D eigenvalue weighted by Crippen LogP contribution is -2.37. The smallest absolute Gasteiger partial charge is 0.189 e. The highest BCUT2D eigenvalue weighted by atomic mass is 79.9. The van der Waals surface area contributed by atoms with Crippen LogP contribution in [0.25, 0.3) is 10.2 Å². The molecule has 4 N–H and O–H groups in total. The van der Waals surface area contributed by atoms with E-state index < -0.39 is 0 Å². The van der Waals surface area contributed by atoms with E-state index >= 15 is 0 Å². The minimum Gasteiger partial charge on any atom is -0.393 e. The standard InChI is InChI=1S/C25H34BrN5OS/c1-15(25(2,3)4)27-14-16-11-22(28-18-6-8-19(32)9-7-18)30-23(12-16)31-24-29-20-10-5-17(26)13-21(20)33-24/h5,10-13,15,18-19,27,32H,6-9,14H2,1-4H3,(H2,28,29,30,31). The van der Waals surface area contributed by atoms with Crippen molar-refractivity contribution >= 4 is 54.3 Å². The highest BCUT2D eigenvalue weighted by Crippen LogP contribution is 2.31. The maximum absolute atomic E-state index is 9.84. The van der Waals surface area contributed by atoms with Gasteiger partial charge in [0.2, 0.25) is 0 Å². The SMILES string of the molecule is CC(NCc1cc(Nc2nc3ccc(Br)cc3s2)nc(NC2CCC(O)CC2)c1)C(C)(C)C. The zero-order chi connectivity index (χ0) is 23.6. The molecule has 0 radical (unpaired) electrons. The minimum absolute atomic E-state index is 0.165. The number of benzene rings is 1. The molecule has 3 aromatic rings. The quantitative estimate of drug-likeness (QED) is 0.281. The van der Waals surface area contributed by atoms with Crippen LogP contribution in [0.2, 0.25) is 0 Å². The first kappa shape index (κ1) is 24.4. The third-order valence-electron chi connectivity index (χ3n) is 6.43. The predicted molar refractivity (Wildman–Crippen MR) is 142 cm³/mol. The molecule has 0 bridgehead atoms. The highest BCUT2D eigenvalue weighted by Gasteiger charge is 2.21. The largest absolute Gasteiger partial charge is 0.393 e. The van der Waals surface area contributed by atoms with Gasteiger partial charge in [-0.1, -0.05) is 48.0 Å². The van der Waals surface area contributed by atoms with Gasteiger partial charge >= 0.3 is 0 Å². The van der Waals surface area contributed by atoms with Gasteiger partial charge in [-0.25, -0.2) is 9.97 Å². The molecule has 1 saturated carbocycles. The van der Waals surface area contributed by atoms with Gasteiger partial charge in [-0.05, 0) is 73.9 Å². The highest BCUT2D eigenvalue weighted by molar-refractivity contribution is 9.10. The zero-order valence-corrected chi connectivity index (χ0v) is 22.2. The molecule has 0 spiro atoms. The van der Waals surface area contributed by atoms with Gasteiger partial charge in [0, 0.05) is 23.1 Å². The molecule has 0 saturated heterocycles. The molecule has 178 valence electrons. The summed E-state index contributed by atoms with van der Waals surface area (Å²) in [7, 11) is 0. The number of anilines is 3. The third kappa shape index (κ3) is 6.66. The van der Waals surface area contributed by atoms with Crippen LogP contribution < -0.4 is 16.0 Å². The molecule has 33 heavy (non-hydrogen) atoms. The van der Waals surface area contributed by atoms with E-state index in [9.17, 15) is 5.11 Å². The summed E-state index contributed by atoms with van der Waals surface area (Å²) in [6, 6.07) is 11.1. The Morgan fingerprint density at radius 2 is 1.82 bits per heavy atom. The Hall–Kier alpha value is -1.74. The number of hydrogen-bond acceptors (Lipinski definition) is 7. The summed E-state index contributed by atoms with van der Waals surface area (Å²) in [6.45, 7) is 9.74. The van der Waals surface area contributed by atoms with Crippen LogP contribution in [0.1, 0.15) is 58.9 Å². The number of pyridine rings is 1. The van der Waals surface area contributed by atoms with Crippen molar-refractivity contribution in [2.24, 2.45) is 5.41 Å². The van der Waals surface area contributed by atoms with Gasteiger partial charge in [-0.2, -0.15) is 0 Å². The average molecular weight is 533 g/mol. The topological polar surface area (TPSA) is 82.1 Å². The summed E-state index contributed by atoms with van der Waals surface area (Å²) in [5, 5.41) is 21.4. The fourth-order valence-corrected chi connectivity index (χ4v) is 5.32. The summed E-state index contributed by atoms with van der Waals surface area (Å²) >= 11 is 5.16. The van der Waals surface area contributed by atoms with Crippen LogP contribution in [0.3, 0.4) is 0 Å². The summed E-state index contributed by atoms with van der Waals surface area (Å²) in [6.07, 6.45) is 3.44. The fraction of sp³-hybridized carbons (Fsp3) is 0.520. The van der Waals surface area contributed by atoms with Gasteiger partial charge in [-0.15, -0.1) is 0 Å². The first-order chi connectivity index (χ1) is 15.7. The number of rotatable bonds is 7. The van der Waals surface area contributed by atoms with Crippen LogP contribution in [0.5, 0.6) is 0 Å². The Morgan fingerprint density at radius 1 is 1.09 bits per heavy atom. The van der Waals surface area contributed by atoms with Crippen molar-refractivity contribution in [3.8, 4) is 0 Å². The van der Waals surface area contributed by atoms with E-state index in [2.05, 4.69) is 77.8 Å². The zero-order valence-electron chi connectivity index (χ0n) is 19.8. The fourth-order valence-electron chi connectivity index (χ4n) is 3.90. The number of hydrogen-bond donors (Lipinski definition) is 4. The van der Waals surface area contributed by atoms with Crippen LogP contribution in [0.4, 0.5) is 16.8 Å². The number of fused-ring (bicyclic) bond motifs is 1. The molecule has 1 atom stereocenters. The Morgan fingerprint density at radius 3 is 2.55 bits per heavy atom. The molecule has 6 nitrogen and oxygen atoms in total. The average Bonchev–Trinajstić information content (AvgIpc) is 3.14. The molecule has 8 heteroatoms. The Labute approximate surface area is 208 Å². The van der Waals surface area contributed by atoms with Crippen molar-refractivity contribution in [2.45, 2.75) is 78.1 Å². The van der Waals surface area contributed by atoms with E-state index in [0.29, 0.717) is 12.1 Å². The number of nitrogens with one attached hydrogen (secondary N) is 3. The van der Waals surface area contributed by atoms with E-state index in [0.717, 1.165) is 63.7 Å². The molecule has 0 amide bonds. The van der Waals surface area contributed by atoms with Crippen LogP contribution >= 0.6 is 27.3 Å². The number of nitrogens with zero attached hydrogens (tertiary/aromatic N) is 2. The molecule has 1 fully saturated rings. The van der Waals surface area contributed by atoms with E-state index in [4.69, 9.17) is 9.97 Å². The van der Waals surface area contributed by atoms with Crippen LogP contribution in [0.15, 0.2) is 34.8 Å². The van der Waals surface area contributed by atoms with Gasteiger partial charge in [-0.3, -0.25) is 0 Å². The minimum atomic E-state index is -0.165. The summed E-state index contributed by atoms with van der Waals surface area (Å²) < 4.78 is 2.18. The normalized spacial score (nSPS) is 20.1. The van der Waals surface area contributed by atoms with E-state index in [1.807, 2.05) is 12.1 Å². The summed E-state index contributed by atoms with van der Waals surface area (Å²) in [5.74, 6) is 1.65. The van der Waals surface area contributed by atoms with Crippen molar-refractivity contribution in [2.75, 3.05) is 10.6 Å². The first-order valence-electron chi connectivity index (χ1n) is 11.7. The molecule has 1 aromatic carbocycles. The molecular formula is C25H34BrN5OS. The van der Waals surface area contributed by atoms with Crippen molar-refractivity contribution < 1.29 is 5.11 Å². The van der Waals surface area contributed by atoms with Gasteiger partial charge in [0.25, 0.3) is 0 Å². The molecule has 1 aliphatic rings. The maximum Gasteiger partial charge on any atom is 0.189 e.